The second-order valence-electron chi connectivity index (χ2n) is 3.86. The molecule has 0 aliphatic heterocycles. The van der Waals surface area contributed by atoms with Gasteiger partial charge >= 0.3 is 0 Å². The molecular formula is C12H9BrClN3S. The molecule has 0 atom stereocenters. The number of benzene rings is 1. The van der Waals surface area contributed by atoms with Gasteiger partial charge in [0.1, 0.15) is 0 Å². The number of nitrogens with two attached hydrogens (primary N) is 1. The monoisotopic (exact) mass is 341 g/mol. The van der Waals surface area contributed by atoms with Crippen LogP contribution >= 0.6 is 38.9 Å². The molecule has 1 aromatic carbocycles. The van der Waals surface area contributed by atoms with Gasteiger partial charge in [-0.05, 0) is 39.5 Å². The zero-order valence-electron chi connectivity index (χ0n) is 9.23. The van der Waals surface area contributed by atoms with E-state index in [0.717, 1.165) is 15.5 Å². The summed E-state index contributed by atoms with van der Waals surface area (Å²) in [5.74, 6) is 0.485. The van der Waals surface area contributed by atoms with Gasteiger partial charge in [0.25, 0.3) is 0 Å². The van der Waals surface area contributed by atoms with Crippen LogP contribution < -0.4 is 5.73 Å². The molecule has 0 fully saturated rings. The largest absolute Gasteiger partial charge is 0.369 e. The first-order valence-corrected chi connectivity index (χ1v) is 7.34. The van der Waals surface area contributed by atoms with Crippen molar-refractivity contribution in [3.63, 3.8) is 0 Å². The maximum absolute atomic E-state index is 6.23. The molecule has 2 heterocycles. The Morgan fingerprint density at radius 3 is 2.94 bits per heavy atom. The molecule has 6 heteroatoms. The number of para-hydroxylation sites is 1. The molecule has 3 aromatic rings. The first-order chi connectivity index (χ1) is 8.66. The van der Waals surface area contributed by atoms with Crippen molar-refractivity contribution in [2.45, 2.75) is 6.54 Å². The van der Waals surface area contributed by atoms with Crippen LogP contribution in [0.15, 0.2) is 34.1 Å². The molecule has 2 N–H and O–H groups in total. The molecule has 0 unspecified atom stereocenters. The number of thiophene rings is 1. The topological polar surface area (TPSA) is 43.8 Å². The van der Waals surface area contributed by atoms with Crippen molar-refractivity contribution in [2.75, 3.05) is 5.73 Å². The Bertz CT molecular complexity index is 719. The van der Waals surface area contributed by atoms with Crippen LogP contribution in [0, 0.1) is 0 Å². The summed E-state index contributed by atoms with van der Waals surface area (Å²) in [7, 11) is 0. The zero-order chi connectivity index (χ0) is 12.7. The average molecular weight is 343 g/mol. The molecule has 3 nitrogen and oxygen atoms in total. The molecule has 2 aromatic heterocycles. The first-order valence-electron chi connectivity index (χ1n) is 5.29. The van der Waals surface area contributed by atoms with E-state index in [4.69, 9.17) is 17.3 Å². The van der Waals surface area contributed by atoms with Crippen molar-refractivity contribution in [2.24, 2.45) is 0 Å². The van der Waals surface area contributed by atoms with Gasteiger partial charge in [-0.3, -0.25) is 0 Å². The summed E-state index contributed by atoms with van der Waals surface area (Å²) in [6.07, 6.45) is 0. The number of hydrogen-bond donors (Lipinski definition) is 1. The normalized spacial score (nSPS) is 11.2. The predicted molar refractivity (Wildman–Crippen MR) is 80.3 cm³/mol. The quantitative estimate of drug-likeness (QED) is 0.760. The number of imidazole rings is 1. The Morgan fingerprint density at radius 2 is 2.22 bits per heavy atom. The molecule has 18 heavy (non-hydrogen) atoms. The number of rotatable bonds is 2. The van der Waals surface area contributed by atoms with Gasteiger partial charge in [0, 0.05) is 9.35 Å². The van der Waals surface area contributed by atoms with E-state index in [1.807, 2.05) is 34.2 Å². The molecule has 0 saturated heterocycles. The third-order valence-corrected chi connectivity index (χ3v) is 4.96. The number of fused-ring (bicyclic) bond motifs is 1. The molecule has 92 valence electrons. The van der Waals surface area contributed by atoms with Crippen molar-refractivity contribution in [1.82, 2.24) is 9.55 Å². The van der Waals surface area contributed by atoms with E-state index >= 15 is 0 Å². The van der Waals surface area contributed by atoms with Crippen molar-refractivity contribution in [1.29, 1.82) is 0 Å². The summed E-state index contributed by atoms with van der Waals surface area (Å²) in [4.78, 5) is 5.53. The average Bonchev–Trinajstić information content (AvgIpc) is 2.86. The Balaban J connectivity index is 2.17. The van der Waals surface area contributed by atoms with Crippen LogP contribution in [0.4, 0.5) is 5.95 Å². The zero-order valence-corrected chi connectivity index (χ0v) is 12.4. The van der Waals surface area contributed by atoms with Crippen LogP contribution in [-0.2, 0) is 6.54 Å². The number of halogens is 2. The van der Waals surface area contributed by atoms with E-state index < -0.39 is 0 Å². The summed E-state index contributed by atoms with van der Waals surface area (Å²) < 4.78 is 3.02. The highest BCUT2D eigenvalue weighted by molar-refractivity contribution is 9.10. The molecule has 0 spiro atoms. The number of nitrogen functional groups attached to an aromatic ring is 1. The van der Waals surface area contributed by atoms with Gasteiger partial charge in [-0.15, -0.1) is 11.3 Å². The highest BCUT2D eigenvalue weighted by Gasteiger charge is 2.13. The smallest absolute Gasteiger partial charge is 0.201 e. The Kier molecular flexibility index (Phi) is 3.05. The molecule has 0 aliphatic rings. The highest BCUT2D eigenvalue weighted by Crippen LogP contribution is 2.29. The Hall–Kier alpha value is -1.04. The Labute approximate surface area is 121 Å². The summed E-state index contributed by atoms with van der Waals surface area (Å²) in [5, 5.41) is 2.71. The minimum atomic E-state index is 0.485. The van der Waals surface area contributed by atoms with Crippen molar-refractivity contribution < 1.29 is 0 Å². The maximum Gasteiger partial charge on any atom is 0.201 e. The van der Waals surface area contributed by atoms with Gasteiger partial charge in [0.05, 0.1) is 22.6 Å². The van der Waals surface area contributed by atoms with Crippen LogP contribution in [-0.4, -0.2) is 9.55 Å². The fraction of sp³-hybridized carbons (Fsp3) is 0.0833. The summed E-state index contributed by atoms with van der Waals surface area (Å²) in [6, 6.07) is 7.67. The van der Waals surface area contributed by atoms with Crippen LogP contribution in [0.3, 0.4) is 0 Å². The standard InChI is InChI=1S/C12H9BrClN3S/c13-7-4-5-18-10(7)6-17-11-8(14)2-1-3-9(11)16-12(17)15/h1-5H,6H2,(H2,15,16). The van der Waals surface area contributed by atoms with Crippen LogP contribution in [0.5, 0.6) is 0 Å². The summed E-state index contributed by atoms with van der Waals surface area (Å²) >= 11 is 11.4. The molecule has 0 radical (unpaired) electrons. The predicted octanol–water partition coefficient (Wildman–Crippen LogP) is 4.14. The third kappa shape index (κ3) is 1.92. The van der Waals surface area contributed by atoms with Crippen LogP contribution in [0.25, 0.3) is 11.0 Å². The van der Waals surface area contributed by atoms with Crippen molar-refractivity contribution in [3.8, 4) is 0 Å². The highest BCUT2D eigenvalue weighted by atomic mass is 79.9. The second-order valence-corrected chi connectivity index (χ2v) is 6.12. The number of aromatic nitrogens is 2. The van der Waals surface area contributed by atoms with E-state index in [0.29, 0.717) is 17.5 Å². The fourth-order valence-corrected chi connectivity index (χ4v) is 3.64. The van der Waals surface area contributed by atoms with Gasteiger partial charge in [-0.1, -0.05) is 17.7 Å². The van der Waals surface area contributed by atoms with Gasteiger partial charge in [0.15, 0.2) is 0 Å². The van der Waals surface area contributed by atoms with Gasteiger partial charge in [-0.2, -0.15) is 0 Å². The number of nitrogens with zero attached hydrogens (tertiary/aromatic N) is 2. The third-order valence-electron chi connectivity index (χ3n) is 2.74. The minimum absolute atomic E-state index is 0.485. The SMILES string of the molecule is Nc1nc2cccc(Cl)c2n1Cc1sccc1Br. The lowest BCUT2D eigenvalue weighted by atomic mass is 10.3. The summed E-state index contributed by atoms with van der Waals surface area (Å²) in [6.45, 7) is 0.671. The van der Waals surface area contributed by atoms with E-state index in [9.17, 15) is 0 Å². The van der Waals surface area contributed by atoms with Gasteiger partial charge in [0.2, 0.25) is 5.95 Å². The molecular weight excluding hydrogens is 334 g/mol. The van der Waals surface area contributed by atoms with Crippen LogP contribution in [0.2, 0.25) is 5.02 Å². The molecule has 0 saturated carbocycles. The molecule has 0 bridgehead atoms. The van der Waals surface area contributed by atoms with E-state index in [1.165, 1.54) is 4.88 Å². The van der Waals surface area contributed by atoms with E-state index in [2.05, 4.69) is 20.9 Å². The number of anilines is 1. The van der Waals surface area contributed by atoms with Crippen molar-refractivity contribution in [3.05, 3.63) is 44.0 Å². The molecule has 0 amide bonds. The van der Waals surface area contributed by atoms with E-state index in [-0.39, 0.29) is 0 Å². The fourth-order valence-electron chi connectivity index (χ4n) is 1.90. The lowest BCUT2D eigenvalue weighted by Crippen LogP contribution is -2.04. The van der Waals surface area contributed by atoms with Crippen LogP contribution in [0.1, 0.15) is 4.88 Å². The minimum Gasteiger partial charge on any atom is -0.369 e. The number of hydrogen-bond acceptors (Lipinski definition) is 3. The molecule has 0 aliphatic carbocycles. The van der Waals surface area contributed by atoms with Gasteiger partial charge < -0.3 is 10.3 Å². The van der Waals surface area contributed by atoms with Crippen molar-refractivity contribution >= 4 is 55.8 Å². The summed E-state index contributed by atoms with van der Waals surface area (Å²) in [5.41, 5.74) is 7.68. The lowest BCUT2D eigenvalue weighted by molar-refractivity contribution is 0.850. The van der Waals surface area contributed by atoms with Gasteiger partial charge in [-0.25, -0.2) is 4.98 Å². The second kappa shape index (κ2) is 4.57. The van der Waals surface area contributed by atoms with E-state index in [1.54, 1.807) is 11.3 Å². The Morgan fingerprint density at radius 1 is 1.39 bits per heavy atom. The first kappa shape index (κ1) is 12.0. The molecule has 3 rings (SSSR count). The lowest BCUT2D eigenvalue weighted by Gasteiger charge is -2.06. The maximum atomic E-state index is 6.23.